The first-order chi connectivity index (χ1) is 19.2. The Bertz CT molecular complexity index is 1210. The average molecular weight is 552 g/mol. The van der Waals surface area contributed by atoms with E-state index in [1.165, 1.54) is 0 Å². The molecule has 4 rings (SSSR count). The number of hydrogen-bond acceptors (Lipinski definition) is 6. The van der Waals surface area contributed by atoms with Gasteiger partial charge in [-0.2, -0.15) is 0 Å². The first kappa shape index (κ1) is 29.4. The summed E-state index contributed by atoms with van der Waals surface area (Å²) in [7, 11) is 4.91. The van der Waals surface area contributed by atoms with Crippen LogP contribution in [0, 0.1) is 11.8 Å². The van der Waals surface area contributed by atoms with Gasteiger partial charge in [-0.15, -0.1) is 0 Å². The number of nitrogens with zero attached hydrogens (tertiary/aromatic N) is 2. The molecule has 1 heterocycles. The van der Waals surface area contributed by atoms with E-state index < -0.39 is 0 Å². The Morgan fingerprint density at radius 2 is 1.77 bits per heavy atom. The number of carbonyl (C=O) groups is 3. The third-order valence-electron chi connectivity index (χ3n) is 8.02. The second-order valence-corrected chi connectivity index (χ2v) is 11.0. The van der Waals surface area contributed by atoms with Gasteiger partial charge in [0.15, 0.2) is 0 Å². The molecule has 1 fully saturated rings. The van der Waals surface area contributed by atoms with Gasteiger partial charge < -0.3 is 29.3 Å². The molecule has 0 spiro atoms. The fourth-order valence-electron chi connectivity index (χ4n) is 5.54. The number of fused-ring (bicyclic) bond motifs is 1. The Balaban J connectivity index is 1.62. The highest BCUT2D eigenvalue weighted by Gasteiger charge is 2.34. The fourth-order valence-corrected chi connectivity index (χ4v) is 5.54. The first-order valence-electron chi connectivity index (χ1n) is 14.0. The molecule has 3 atom stereocenters. The maximum Gasteiger partial charge on any atom is 0.257 e. The fraction of sp³-hybridized carbons (Fsp3) is 0.516. The van der Waals surface area contributed by atoms with Gasteiger partial charge in [-0.3, -0.25) is 14.4 Å². The Hall–Kier alpha value is -3.59. The third kappa shape index (κ3) is 6.75. The van der Waals surface area contributed by atoms with E-state index in [-0.39, 0.29) is 48.3 Å². The zero-order valence-corrected chi connectivity index (χ0v) is 24.1. The minimum Gasteiger partial charge on any atom is -0.497 e. The molecule has 216 valence electrons. The highest BCUT2D eigenvalue weighted by atomic mass is 16.5. The molecule has 1 saturated carbocycles. The lowest BCUT2D eigenvalue weighted by atomic mass is 9.99. The summed E-state index contributed by atoms with van der Waals surface area (Å²) in [4.78, 5) is 43.7. The molecule has 1 N–H and O–H groups in total. The van der Waals surface area contributed by atoms with Gasteiger partial charge in [-0.05, 0) is 56.2 Å². The van der Waals surface area contributed by atoms with Crippen molar-refractivity contribution in [2.24, 2.45) is 11.8 Å². The van der Waals surface area contributed by atoms with Crippen molar-refractivity contribution >= 4 is 23.4 Å². The number of amides is 3. The number of methoxy groups -OCH3 is 2. The molecular formula is C31H41N3O6. The zero-order chi connectivity index (χ0) is 28.8. The van der Waals surface area contributed by atoms with Gasteiger partial charge >= 0.3 is 0 Å². The third-order valence-corrected chi connectivity index (χ3v) is 8.02. The van der Waals surface area contributed by atoms with E-state index in [1.54, 1.807) is 68.6 Å². The Labute approximate surface area is 236 Å². The van der Waals surface area contributed by atoms with Crippen LogP contribution in [-0.4, -0.2) is 80.6 Å². The summed E-state index contributed by atoms with van der Waals surface area (Å²) in [5, 5.41) is 2.87. The smallest absolute Gasteiger partial charge is 0.257 e. The number of benzene rings is 2. The van der Waals surface area contributed by atoms with E-state index in [1.807, 2.05) is 11.8 Å². The lowest BCUT2D eigenvalue weighted by molar-refractivity contribution is -0.139. The number of anilines is 1. The van der Waals surface area contributed by atoms with Crippen molar-refractivity contribution in [3.05, 3.63) is 53.6 Å². The molecule has 3 amide bonds. The van der Waals surface area contributed by atoms with Crippen LogP contribution in [0.5, 0.6) is 11.5 Å². The van der Waals surface area contributed by atoms with Crippen LogP contribution in [0.3, 0.4) is 0 Å². The van der Waals surface area contributed by atoms with Gasteiger partial charge in [0, 0.05) is 50.3 Å². The van der Waals surface area contributed by atoms with Crippen molar-refractivity contribution in [1.29, 1.82) is 0 Å². The zero-order valence-electron chi connectivity index (χ0n) is 24.1. The minimum atomic E-state index is -0.323. The van der Waals surface area contributed by atoms with Crippen LogP contribution >= 0.6 is 0 Å². The van der Waals surface area contributed by atoms with E-state index in [9.17, 15) is 14.4 Å². The first-order valence-corrected chi connectivity index (χ1v) is 14.0. The van der Waals surface area contributed by atoms with Crippen molar-refractivity contribution in [3.63, 3.8) is 0 Å². The van der Waals surface area contributed by atoms with Gasteiger partial charge in [0.2, 0.25) is 5.91 Å². The van der Waals surface area contributed by atoms with E-state index in [2.05, 4.69) is 12.2 Å². The van der Waals surface area contributed by atoms with Crippen molar-refractivity contribution in [3.8, 4) is 11.5 Å². The summed E-state index contributed by atoms with van der Waals surface area (Å²) >= 11 is 0. The molecule has 9 nitrogen and oxygen atoms in total. The number of nitrogens with one attached hydrogen (secondary N) is 1. The Morgan fingerprint density at radius 3 is 2.48 bits per heavy atom. The van der Waals surface area contributed by atoms with Gasteiger partial charge in [0.1, 0.15) is 18.1 Å². The van der Waals surface area contributed by atoms with Gasteiger partial charge in [0.25, 0.3) is 11.8 Å². The van der Waals surface area contributed by atoms with Crippen molar-refractivity contribution < 1.29 is 28.6 Å². The van der Waals surface area contributed by atoms with Crippen LogP contribution in [0.15, 0.2) is 42.5 Å². The van der Waals surface area contributed by atoms with Crippen LogP contribution in [0.25, 0.3) is 0 Å². The molecule has 2 aliphatic rings. The molecule has 0 unspecified atom stereocenters. The van der Waals surface area contributed by atoms with Crippen LogP contribution in [0.1, 0.15) is 60.2 Å². The van der Waals surface area contributed by atoms with E-state index >= 15 is 0 Å². The molecular weight excluding hydrogens is 510 g/mol. The molecule has 1 aliphatic carbocycles. The number of rotatable bonds is 5. The second-order valence-electron chi connectivity index (χ2n) is 11.0. The maximum atomic E-state index is 13.6. The van der Waals surface area contributed by atoms with Gasteiger partial charge in [-0.25, -0.2) is 0 Å². The lowest BCUT2D eigenvalue weighted by Gasteiger charge is -2.37. The highest BCUT2D eigenvalue weighted by molar-refractivity contribution is 6.05. The molecule has 40 heavy (non-hydrogen) atoms. The molecule has 0 saturated heterocycles. The topological polar surface area (TPSA) is 97.4 Å². The van der Waals surface area contributed by atoms with Crippen molar-refractivity contribution in [2.45, 2.75) is 51.7 Å². The quantitative estimate of drug-likeness (QED) is 0.589. The summed E-state index contributed by atoms with van der Waals surface area (Å²) < 4.78 is 17.2. The molecule has 2 aromatic rings. The van der Waals surface area contributed by atoms with Gasteiger partial charge in [-0.1, -0.05) is 25.8 Å². The minimum absolute atomic E-state index is 0.000404. The highest BCUT2D eigenvalue weighted by Crippen LogP contribution is 2.30. The monoisotopic (exact) mass is 551 g/mol. The molecule has 0 aromatic heterocycles. The van der Waals surface area contributed by atoms with E-state index in [0.717, 1.165) is 25.7 Å². The summed E-state index contributed by atoms with van der Waals surface area (Å²) in [6, 6.07) is 11.7. The second kappa shape index (κ2) is 13.2. The predicted molar refractivity (Wildman–Crippen MR) is 153 cm³/mol. The van der Waals surface area contributed by atoms with Crippen molar-refractivity contribution in [2.75, 3.05) is 46.3 Å². The molecule has 1 aliphatic heterocycles. The molecule has 0 bridgehead atoms. The Kier molecular flexibility index (Phi) is 9.68. The van der Waals surface area contributed by atoms with Crippen LogP contribution < -0.4 is 14.8 Å². The lowest BCUT2D eigenvalue weighted by Crippen LogP contribution is -2.50. The predicted octanol–water partition coefficient (Wildman–Crippen LogP) is 4.47. The number of likely N-dealkylation sites (N-methyl/N-ethyl adjacent to an activating group) is 1. The maximum absolute atomic E-state index is 13.6. The summed E-state index contributed by atoms with van der Waals surface area (Å²) in [6.45, 7) is 5.16. The average Bonchev–Trinajstić information content (AvgIpc) is 3.51. The largest absolute Gasteiger partial charge is 0.497 e. The normalized spacial score (nSPS) is 22.5. The summed E-state index contributed by atoms with van der Waals surface area (Å²) in [5.41, 5.74) is 1.23. The summed E-state index contributed by atoms with van der Waals surface area (Å²) in [5.74, 6) is 0.639. The molecule has 0 radical (unpaired) electrons. The van der Waals surface area contributed by atoms with E-state index in [0.29, 0.717) is 41.4 Å². The van der Waals surface area contributed by atoms with Gasteiger partial charge in [0.05, 0.1) is 24.8 Å². The standard InChI is InChI=1S/C31H41N3O6/c1-20-17-34(30(36)22-9-6-7-10-22)21(2)19-40-27-14-13-24(16-26(27)31(37)33(3)18-28(20)39-5)32-29(35)23-11-8-12-25(15-23)38-4/h8,11-16,20-22,28H,6-7,9-10,17-19H2,1-5H3,(H,32,35)/t20-,21+,28-/m0/s1. The summed E-state index contributed by atoms with van der Waals surface area (Å²) in [6.07, 6.45) is 3.76. The SMILES string of the molecule is COc1cccc(C(=O)Nc2ccc3c(c2)C(=O)N(C)C[C@H](OC)[C@@H](C)CN(C(=O)C2CCCC2)[C@H](C)CO3)c1. The van der Waals surface area contributed by atoms with Crippen LogP contribution in [-0.2, 0) is 9.53 Å². The van der Waals surface area contributed by atoms with Crippen LogP contribution in [0.4, 0.5) is 5.69 Å². The molecule has 9 heteroatoms. The number of carbonyl (C=O) groups excluding carboxylic acids is 3. The van der Waals surface area contributed by atoms with E-state index in [4.69, 9.17) is 14.2 Å². The van der Waals surface area contributed by atoms with Crippen molar-refractivity contribution in [1.82, 2.24) is 9.80 Å². The Morgan fingerprint density at radius 1 is 1.02 bits per heavy atom. The number of ether oxygens (including phenoxy) is 3. The molecule has 2 aromatic carbocycles. The van der Waals surface area contributed by atoms with Crippen LogP contribution in [0.2, 0.25) is 0 Å². The number of hydrogen-bond donors (Lipinski definition) is 1.